The van der Waals surface area contributed by atoms with Crippen LogP contribution in [0.5, 0.6) is 0 Å². The van der Waals surface area contributed by atoms with E-state index in [0.29, 0.717) is 34.2 Å². The Labute approximate surface area is 134 Å². The molecule has 0 aliphatic carbocycles. The molecule has 0 aromatic carbocycles. The number of thiophene rings is 1. The molecular weight excluding hydrogens is 314 g/mol. The lowest BCUT2D eigenvalue weighted by Crippen LogP contribution is -2.23. The van der Waals surface area contributed by atoms with Gasteiger partial charge in [-0.15, -0.1) is 11.3 Å². The third kappa shape index (κ3) is 2.34. The maximum atomic E-state index is 12.0. The van der Waals surface area contributed by atoms with Gasteiger partial charge < -0.3 is 14.5 Å². The molecule has 0 aliphatic rings. The molecule has 0 amide bonds. The van der Waals surface area contributed by atoms with Gasteiger partial charge in [-0.2, -0.15) is 4.98 Å². The van der Waals surface area contributed by atoms with E-state index in [1.165, 1.54) is 11.3 Å². The van der Waals surface area contributed by atoms with Gasteiger partial charge in [-0.3, -0.25) is 4.79 Å². The molecule has 0 aliphatic heterocycles. The number of H-pyrrole nitrogens is 1. The van der Waals surface area contributed by atoms with Gasteiger partial charge in [0.05, 0.1) is 24.6 Å². The van der Waals surface area contributed by atoms with Crippen LogP contribution in [-0.4, -0.2) is 36.5 Å². The van der Waals surface area contributed by atoms with Gasteiger partial charge in [-0.05, 0) is 11.4 Å². The summed E-state index contributed by atoms with van der Waals surface area (Å²) in [7, 11) is 3.74. The van der Waals surface area contributed by atoms with Gasteiger partial charge in [-0.25, -0.2) is 15.0 Å². The molecule has 116 valence electrons. The summed E-state index contributed by atoms with van der Waals surface area (Å²) in [5.41, 5.74) is 2.10. The fraction of sp³-hybridized carbons (Fsp3) is 0.214. The minimum atomic E-state index is -0.116. The predicted octanol–water partition coefficient (Wildman–Crippen LogP) is 1.30. The third-order valence-electron chi connectivity index (χ3n) is 3.56. The SMILES string of the molecule is CN(Cc1nc2ccsc2c(=O)[nH]1)c1ncc2c(ncn2C)n1. The monoisotopic (exact) mass is 327 g/mol. The normalized spacial score (nSPS) is 11.4. The highest BCUT2D eigenvalue weighted by Gasteiger charge is 2.11. The number of nitrogens with one attached hydrogen (secondary N) is 1. The molecule has 23 heavy (non-hydrogen) atoms. The van der Waals surface area contributed by atoms with E-state index in [2.05, 4.69) is 24.9 Å². The topological polar surface area (TPSA) is 92.6 Å². The molecular formula is C14H13N7OS. The van der Waals surface area contributed by atoms with E-state index in [4.69, 9.17) is 0 Å². The maximum absolute atomic E-state index is 12.0. The van der Waals surface area contributed by atoms with Crippen molar-refractivity contribution in [1.82, 2.24) is 29.5 Å². The summed E-state index contributed by atoms with van der Waals surface area (Å²) in [6.07, 6.45) is 3.44. The second kappa shape index (κ2) is 5.13. The summed E-state index contributed by atoms with van der Waals surface area (Å²) in [5, 5.41) is 1.86. The fourth-order valence-corrected chi connectivity index (χ4v) is 3.11. The molecule has 4 rings (SSSR count). The molecule has 0 unspecified atom stereocenters. The number of aromatic nitrogens is 6. The van der Waals surface area contributed by atoms with Crippen LogP contribution in [0.25, 0.3) is 21.4 Å². The Morgan fingerprint density at radius 1 is 1.35 bits per heavy atom. The molecule has 9 heteroatoms. The van der Waals surface area contributed by atoms with E-state index in [0.717, 1.165) is 5.52 Å². The quantitative estimate of drug-likeness (QED) is 0.610. The lowest BCUT2D eigenvalue weighted by Gasteiger charge is -2.15. The van der Waals surface area contributed by atoms with Crippen molar-refractivity contribution in [3.8, 4) is 0 Å². The van der Waals surface area contributed by atoms with Crippen LogP contribution in [0.2, 0.25) is 0 Å². The second-order valence-electron chi connectivity index (χ2n) is 5.24. The number of fused-ring (bicyclic) bond motifs is 2. The van der Waals surface area contributed by atoms with Crippen molar-refractivity contribution in [2.45, 2.75) is 6.54 Å². The van der Waals surface area contributed by atoms with E-state index < -0.39 is 0 Å². The van der Waals surface area contributed by atoms with Gasteiger partial charge in [-0.1, -0.05) is 0 Å². The molecule has 0 saturated carbocycles. The lowest BCUT2D eigenvalue weighted by molar-refractivity contribution is 0.811. The number of aromatic amines is 1. The summed E-state index contributed by atoms with van der Waals surface area (Å²) >= 11 is 1.39. The summed E-state index contributed by atoms with van der Waals surface area (Å²) < 4.78 is 2.51. The van der Waals surface area contributed by atoms with Crippen LogP contribution in [-0.2, 0) is 13.6 Å². The number of nitrogens with zero attached hydrogens (tertiary/aromatic N) is 6. The van der Waals surface area contributed by atoms with Crippen molar-refractivity contribution in [1.29, 1.82) is 0 Å². The summed E-state index contributed by atoms with van der Waals surface area (Å²) in [6.45, 7) is 0.402. The zero-order chi connectivity index (χ0) is 16.0. The third-order valence-corrected chi connectivity index (χ3v) is 4.47. The van der Waals surface area contributed by atoms with Crippen LogP contribution in [0, 0.1) is 0 Å². The number of hydrogen-bond donors (Lipinski definition) is 1. The summed E-state index contributed by atoms with van der Waals surface area (Å²) in [4.78, 5) is 34.1. The second-order valence-corrected chi connectivity index (χ2v) is 6.15. The Bertz CT molecular complexity index is 1060. The molecule has 1 N–H and O–H groups in total. The van der Waals surface area contributed by atoms with E-state index in [-0.39, 0.29) is 5.56 Å². The Morgan fingerprint density at radius 3 is 3.09 bits per heavy atom. The minimum absolute atomic E-state index is 0.116. The zero-order valence-corrected chi connectivity index (χ0v) is 13.3. The summed E-state index contributed by atoms with van der Waals surface area (Å²) in [5.74, 6) is 1.11. The van der Waals surface area contributed by atoms with Gasteiger partial charge in [0.2, 0.25) is 5.95 Å². The number of rotatable bonds is 3. The van der Waals surface area contributed by atoms with E-state index in [1.807, 2.05) is 35.0 Å². The number of imidazole rings is 1. The Hall–Kier alpha value is -2.81. The molecule has 4 aromatic rings. The van der Waals surface area contributed by atoms with Crippen LogP contribution >= 0.6 is 11.3 Å². The molecule has 0 fully saturated rings. The number of hydrogen-bond acceptors (Lipinski definition) is 7. The highest BCUT2D eigenvalue weighted by molar-refractivity contribution is 7.17. The molecule has 8 nitrogen and oxygen atoms in total. The molecule has 0 radical (unpaired) electrons. The van der Waals surface area contributed by atoms with Crippen LogP contribution < -0.4 is 10.5 Å². The van der Waals surface area contributed by atoms with Crippen LogP contribution in [0.4, 0.5) is 5.95 Å². The molecule has 4 heterocycles. The Balaban J connectivity index is 1.66. The first kappa shape index (κ1) is 13.8. The molecule has 0 bridgehead atoms. The van der Waals surface area contributed by atoms with Crippen LogP contribution in [0.3, 0.4) is 0 Å². The maximum Gasteiger partial charge on any atom is 0.268 e. The fourth-order valence-electron chi connectivity index (χ4n) is 2.38. The van der Waals surface area contributed by atoms with Crippen LogP contribution in [0.1, 0.15) is 5.82 Å². The minimum Gasteiger partial charge on any atom is -0.336 e. The average molecular weight is 327 g/mol. The first-order valence-corrected chi connectivity index (χ1v) is 7.81. The van der Waals surface area contributed by atoms with Gasteiger partial charge >= 0.3 is 0 Å². The van der Waals surface area contributed by atoms with Gasteiger partial charge in [0.25, 0.3) is 5.56 Å². The lowest BCUT2D eigenvalue weighted by atomic mass is 10.4. The van der Waals surface area contributed by atoms with Gasteiger partial charge in [0.1, 0.15) is 16.0 Å². The highest BCUT2D eigenvalue weighted by atomic mass is 32.1. The molecule has 4 aromatic heterocycles. The Kier molecular flexibility index (Phi) is 3.08. The van der Waals surface area contributed by atoms with Crippen molar-refractivity contribution in [2.24, 2.45) is 7.05 Å². The van der Waals surface area contributed by atoms with Crippen molar-refractivity contribution < 1.29 is 0 Å². The first-order valence-electron chi connectivity index (χ1n) is 6.93. The van der Waals surface area contributed by atoms with Crippen molar-refractivity contribution in [3.05, 3.63) is 40.1 Å². The van der Waals surface area contributed by atoms with Crippen molar-refractivity contribution >= 4 is 38.7 Å². The van der Waals surface area contributed by atoms with Crippen molar-refractivity contribution in [3.63, 3.8) is 0 Å². The van der Waals surface area contributed by atoms with Gasteiger partial charge in [0.15, 0.2) is 5.65 Å². The summed E-state index contributed by atoms with van der Waals surface area (Å²) in [6, 6.07) is 1.84. The van der Waals surface area contributed by atoms with Crippen LogP contribution in [0.15, 0.2) is 28.8 Å². The van der Waals surface area contributed by atoms with Crippen molar-refractivity contribution in [2.75, 3.05) is 11.9 Å². The molecule has 0 saturated heterocycles. The Morgan fingerprint density at radius 2 is 2.22 bits per heavy atom. The molecule has 0 spiro atoms. The number of aryl methyl sites for hydroxylation is 1. The van der Waals surface area contributed by atoms with E-state index in [1.54, 1.807) is 12.5 Å². The zero-order valence-electron chi connectivity index (χ0n) is 12.5. The standard InChI is InChI=1S/C14H13N7OS/c1-20(14-15-5-9-12(19-14)16-7-21(9)2)6-10-17-8-3-4-23-11(8)13(22)18-10/h3-5,7H,6H2,1-2H3,(H,17,18,22). The number of anilines is 1. The highest BCUT2D eigenvalue weighted by Crippen LogP contribution is 2.16. The predicted molar refractivity (Wildman–Crippen MR) is 88.7 cm³/mol. The van der Waals surface area contributed by atoms with Gasteiger partial charge in [0, 0.05) is 14.1 Å². The first-order chi connectivity index (χ1) is 11.1. The molecule has 0 atom stereocenters. The smallest absolute Gasteiger partial charge is 0.268 e. The largest absolute Gasteiger partial charge is 0.336 e. The van der Waals surface area contributed by atoms with E-state index in [9.17, 15) is 4.79 Å². The van der Waals surface area contributed by atoms with E-state index >= 15 is 0 Å². The average Bonchev–Trinajstić information content (AvgIpc) is 3.14.